The van der Waals surface area contributed by atoms with Crippen LogP contribution in [0.4, 0.5) is 0 Å². The summed E-state index contributed by atoms with van der Waals surface area (Å²) in [5.74, 6) is -0.676. The maximum atomic E-state index is 9.52. The van der Waals surface area contributed by atoms with Crippen LogP contribution in [0.1, 0.15) is 11.7 Å². The first kappa shape index (κ1) is 11.2. The average Bonchev–Trinajstić information content (AvgIpc) is 2.20. The number of hydrogen-bond donors (Lipinski definition) is 5. The zero-order valence-corrected chi connectivity index (χ0v) is 8.22. The first-order valence-electron chi connectivity index (χ1n) is 4.05. The van der Waals surface area contributed by atoms with Crippen molar-refractivity contribution in [3.63, 3.8) is 0 Å². The Morgan fingerprint density at radius 1 is 1.21 bits per heavy atom. The van der Waals surface area contributed by atoms with E-state index >= 15 is 0 Å². The Kier molecular flexibility index (Phi) is 3.62. The van der Waals surface area contributed by atoms with Gasteiger partial charge in [0.25, 0.3) is 0 Å². The summed E-state index contributed by atoms with van der Waals surface area (Å²) in [6.07, 6.45) is -2.33. The Labute approximate surface area is 86.9 Å². The van der Waals surface area contributed by atoms with Gasteiger partial charge in [0.05, 0.1) is 6.10 Å². The molecule has 0 fully saturated rings. The molecular weight excluding hydrogens is 204 g/mol. The molecule has 1 aromatic carbocycles. The van der Waals surface area contributed by atoms with Gasteiger partial charge in [-0.3, -0.25) is 0 Å². The van der Waals surface area contributed by atoms with Crippen LogP contribution >= 0.6 is 12.6 Å². The van der Waals surface area contributed by atoms with Gasteiger partial charge in [-0.15, -0.1) is 0 Å². The Bertz CT molecular complexity index is 316. The number of aromatic hydroxyl groups is 2. The molecule has 0 heterocycles. The number of rotatable bonds is 3. The number of aliphatic hydroxyl groups is 2. The molecule has 0 amide bonds. The second-order valence-electron chi connectivity index (χ2n) is 2.91. The van der Waals surface area contributed by atoms with Gasteiger partial charge in [-0.05, 0) is 6.07 Å². The van der Waals surface area contributed by atoms with Crippen molar-refractivity contribution in [2.24, 2.45) is 0 Å². The second kappa shape index (κ2) is 4.54. The highest BCUT2D eigenvalue weighted by Gasteiger charge is 2.21. The summed E-state index contributed by atoms with van der Waals surface area (Å²) >= 11 is 3.81. The van der Waals surface area contributed by atoms with E-state index in [1.807, 2.05) is 0 Å². The predicted octanol–water partition coefficient (Wildman–Crippen LogP) is 0.422. The minimum Gasteiger partial charge on any atom is -0.504 e. The van der Waals surface area contributed by atoms with Gasteiger partial charge in [-0.2, -0.15) is 12.6 Å². The van der Waals surface area contributed by atoms with Crippen LogP contribution in [0.15, 0.2) is 18.2 Å². The van der Waals surface area contributed by atoms with Crippen LogP contribution in [0.25, 0.3) is 0 Å². The first-order chi connectivity index (χ1) is 6.57. The zero-order chi connectivity index (χ0) is 10.7. The molecule has 0 saturated carbocycles. The van der Waals surface area contributed by atoms with Crippen LogP contribution in [-0.4, -0.2) is 32.3 Å². The summed E-state index contributed by atoms with van der Waals surface area (Å²) in [5, 5.41) is 37.3. The van der Waals surface area contributed by atoms with Crippen molar-refractivity contribution in [2.75, 3.05) is 5.75 Å². The molecule has 0 aliphatic carbocycles. The van der Waals surface area contributed by atoms with Crippen LogP contribution in [0, 0.1) is 0 Å². The lowest BCUT2D eigenvalue weighted by molar-refractivity contribution is 0.0321. The molecule has 0 radical (unpaired) electrons. The molecule has 0 aromatic heterocycles. The Hall–Kier alpha value is -0.910. The minimum absolute atomic E-state index is 0.0657. The van der Waals surface area contributed by atoms with E-state index in [0.717, 1.165) is 0 Å². The quantitative estimate of drug-likeness (QED) is 0.375. The molecule has 2 atom stereocenters. The summed E-state index contributed by atoms with van der Waals surface area (Å²) in [4.78, 5) is 0. The zero-order valence-electron chi connectivity index (χ0n) is 7.33. The van der Waals surface area contributed by atoms with E-state index in [9.17, 15) is 15.3 Å². The maximum Gasteiger partial charge on any atom is 0.163 e. The van der Waals surface area contributed by atoms with E-state index in [2.05, 4.69) is 12.6 Å². The lowest BCUT2D eigenvalue weighted by Crippen LogP contribution is -2.19. The van der Waals surface area contributed by atoms with E-state index in [-0.39, 0.29) is 17.1 Å². The smallest absolute Gasteiger partial charge is 0.163 e. The molecular formula is C9H12O4S. The molecule has 0 bridgehead atoms. The molecule has 1 aromatic rings. The van der Waals surface area contributed by atoms with Crippen LogP contribution in [0.3, 0.4) is 0 Å². The fourth-order valence-electron chi connectivity index (χ4n) is 1.09. The lowest BCUT2D eigenvalue weighted by atomic mass is 10.0. The maximum absolute atomic E-state index is 9.52. The summed E-state index contributed by atoms with van der Waals surface area (Å²) < 4.78 is 0. The minimum atomic E-state index is -1.25. The van der Waals surface area contributed by atoms with Gasteiger partial charge in [0.1, 0.15) is 6.10 Å². The van der Waals surface area contributed by atoms with Crippen molar-refractivity contribution in [3.05, 3.63) is 23.8 Å². The van der Waals surface area contributed by atoms with Gasteiger partial charge < -0.3 is 20.4 Å². The highest BCUT2D eigenvalue weighted by Crippen LogP contribution is 2.33. The highest BCUT2D eigenvalue weighted by atomic mass is 32.1. The number of aliphatic hydroxyl groups excluding tert-OH is 2. The predicted molar refractivity (Wildman–Crippen MR) is 54.6 cm³/mol. The Balaban J connectivity index is 3.01. The molecule has 78 valence electrons. The van der Waals surface area contributed by atoms with Gasteiger partial charge in [-0.1, -0.05) is 12.1 Å². The molecule has 4 nitrogen and oxygen atoms in total. The third-order valence-corrected chi connectivity index (χ3v) is 2.29. The largest absolute Gasteiger partial charge is 0.504 e. The molecule has 5 heteroatoms. The molecule has 1 rings (SSSR count). The molecule has 0 spiro atoms. The van der Waals surface area contributed by atoms with E-state index in [4.69, 9.17) is 5.11 Å². The van der Waals surface area contributed by atoms with Crippen molar-refractivity contribution < 1.29 is 20.4 Å². The van der Waals surface area contributed by atoms with Crippen molar-refractivity contribution >= 4 is 12.6 Å². The fraction of sp³-hybridized carbons (Fsp3) is 0.333. The van der Waals surface area contributed by atoms with Crippen molar-refractivity contribution in [1.29, 1.82) is 0 Å². The second-order valence-corrected chi connectivity index (χ2v) is 3.27. The summed E-state index contributed by atoms with van der Waals surface area (Å²) in [6, 6.07) is 4.18. The van der Waals surface area contributed by atoms with Crippen LogP contribution < -0.4 is 0 Å². The third kappa shape index (κ3) is 2.12. The first-order valence-corrected chi connectivity index (χ1v) is 4.69. The van der Waals surface area contributed by atoms with Gasteiger partial charge in [0.15, 0.2) is 11.5 Å². The normalized spacial score (nSPS) is 15.1. The molecule has 0 aliphatic rings. The Morgan fingerprint density at radius 2 is 1.86 bits per heavy atom. The number of phenols is 2. The number of para-hydroxylation sites is 1. The number of thiol groups is 1. The van der Waals surface area contributed by atoms with E-state index in [0.29, 0.717) is 0 Å². The molecule has 0 saturated heterocycles. The fourth-order valence-corrected chi connectivity index (χ4v) is 1.29. The summed E-state index contributed by atoms with van der Waals surface area (Å²) in [6.45, 7) is 0. The van der Waals surface area contributed by atoms with Crippen molar-refractivity contribution in [2.45, 2.75) is 12.2 Å². The van der Waals surface area contributed by atoms with Gasteiger partial charge in [-0.25, -0.2) is 0 Å². The number of benzene rings is 1. The van der Waals surface area contributed by atoms with Gasteiger partial charge in [0.2, 0.25) is 0 Å². The average molecular weight is 216 g/mol. The van der Waals surface area contributed by atoms with Crippen LogP contribution in [0.2, 0.25) is 0 Å². The topological polar surface area (TPSA) is 80.9 Å². The van der Waals surface area contributed by atoms with Crippen LogP contribution in [0.5, 0.6) is 11.5 Å². The van der Waals surface area contributed by atoms with Crippen molar-refractivity contribution in [3.8, 4) is 11.5 Å². The van der Waals surface area contributed by atoms with Gasteiger partial charge >= 0.3 is 0 Å². The molecule has 2 unspecified atom stereocenters. The summed E-state index contributed by atoms with van der Waals surface area (Å²) in [7, 11) is 0. The number of phenolic OH excluding ortho intramolecular Hbond substituents is 2. The number of hydrogen-bond acceptors (Lipinski definition) is 5. The third-order valence-electron chi connectivity index (χ3n) is 1.92. The standard InChI is InChI=1S/C9H12O4S/c10-6-3-1-2-5(8(6)12)9(13)7(11)4-14/h1-3,7,9-14H,4H2. The van der Waals surface area contributed by atoms with E-state index in [1.165, 1.54) is 18.2 Å². The van der Waals surface area contributed by atoms with Crippen LogP contribution in [-0.2, 0) is 0 Å². The monoisotopic (exact) mass is 216 g/mol. The van der Waals surface area contributed by atoms with E-state index in [1.54, 1.807) is 0 Å². The Morgan fingerprint density at radius 3 is 2.43 bits per heavy atom. The molecule has 4 N–H and O–H groups in total. The molecule has 14 heavy (non-hydrogen) atoms. The summed E-state index contributed by atoms with van der Waals surface area (Å²) in [5.41, 5.74) is 0.0894. The SMILES string of the molecule is Oc1cccc(C(O)C(O)CS)c1O. The highest BCUT2D eigenvalue weighted by molar-refractivity contribution is 7.80. The van der Waals surface area contributed by atoms with Gasteiger partial charge in [0, 0.05) is 11.3 Å². The lowest BCUT2D eigenvalue weighted by Gasteiger charge is -2.17. The molecule has 0 aliphatic heterocycles. The van der Waals surface area contributed by atoms with Crippen molar-refractivity contribution in [1.82, 2.24) is 0 Å². The van der Waals surface area contributed by atoms with E-state index < -0.39 is 18.0 Å².